The standard InChI is InChI=1S/C11H17NO2/c1-2-8-9(10(12)6-7-13)4-3-5-11(8)14/h3-5,10,13-14H,2,6-7,12H2,1H3/t10-/m1/s1. The van der Waals surface area contributed by atoms with Crippen molar-refractivity contribution in [2.75, 3.05) is 6.61 Å². The number of hydrogen-bond donors (Lipinski definition) is 3. The maximum atomic E-state index is 9.59. The molecule has 0 spiro atoms. The van der Waals surface area contributed by atoms with E-state index in [2.05, 4.69) is 0 Å². The first kappa shape index (κ1) is 11.0. The van der Waals surface area contributed by atoms with E-state index in [1.54, 1.807) is 12.1 Å². The Bertz CT molecular complexity index is 299. The highest BCUT2D eigenvalue weighted by Crippen LogP contribution is 2.26. The monoisotopic (exact) mass is 195 g/mol. The Morgan fingerprint density at radius 2 is 2.14 bits per heavy atom. The lowest BCUT2D eigenvalue weighted by atomic mass is 9.96. The summed E-state index contributed by atoms with van der Waals surface area (Å²) in [5.41, 5.74) is 7.69. The van der Waals surface area contributed by atoms with E-state index in [1.807, 2.05) is 13.0 Å². The molecule has 1 aromatic rings. The van der Waals surface area contributed by atoms with Gasteiger partial charge in [0.15, 0.2) is 0 Å². The number of phenols is 1. The van der Waals surface area contributed by atoms with E-state index >= 15 is 0 Å². The molecule has 0 saturated heterocycles. The van der Waals surface area contributed by atoms with Crippen LogP contribution < -0.4 is 5.73 Å². The van der Waals surface area contributed by atoms with Gasteiger partial charge < -0.3 is 15.9 Å². The number of phenolic OH excluding ortho intramolecular Hbond substituents is 1. The third-order valence-corrected chi connectivity index (χ3v) is 2.38. The van der Waals surface area contributed by atoms with Crippen molar-refractivity contribution >= 4 is 0 Å². The van der Waals surface area contributed by atoms with Gasteiger partial charge in [-0.05, 0) is 30.0 Å². The van der Waals surface area contributed by atoms with Crippen LogP contribution in [0.4, 0.5) is 0 Å². The number of nitrogens with two attached hydrogens (primary N) is 1. The van der Waals surface area contributed by atoms with E-state index in [0.717, 1.165) is 17.5 Å². The van der Waals surface area contributed by atoms with Crippen LogP contribution >= 0.6 is 0 Å². The average molecular weight is 195 g/mol. The summed E-state index contributed by atoms with van der Waals surface area (Å²) >= 11 is 0. The van der Waals surface area contributed by atoms with E-state index in [0.29, 0.717) is 12.2 Å². The molecule has 4 N–H and O–H groups in total. The molecule has 0 aliphatic carbocycles. The Labute approximate surface area is 84.2 Å². The lowest BCUT2D eigenvalue weighted by Gasteiger charge is -2.15. The minimum absolute atomic E-state index is 0.0694. The van der Waals surface area contributed by atoms with Crippen LogP contribution in [0.3, 0.4) is 0 Å². The second-order valence-corrected chi connectivity index (χ2v) is 3.32. The van der Waals surface area contributed by atoms with Crippen molar-refractivity contribution in [2.24, 2.45) is 5.73 Å². The summed E-state index contributed by atoms with van der Waals surface area (Å²) in [6.07, 6.45) is 1.28. The zero-order chi connectivity index (χ0) is 10.6. The van der Waals surface area contributed by atoms with E-state index < -0.39 is 0 Å². The average Bonchev–Trinajstić information content (AvgIpc) is 2.17. The number of rotatable bonds is 4. The van der Waals surface area contributed by atoms with Crippen LogP contribution in [-0.2, 0) is 6.42 Å². The van der Waals surface area contributed by atoms with Crippen LogP contribution in [0.2, 0.25) is 0 Å². The third kappa shape index (κ3) is 2.25. The summed E-state index contributed by atoms with van der Waals surface area (Å²) in [5.74, 6) is 0.290. The van der Waals surface area contributed by atoms with Crippen molar-refractivity contribution in [1.29, 1.82) is 0 Å². The molecule has 0 aliphatic rings. The molecule has 78 valence electrons. The molecule has 0 aromatic heterocycles. The third-order valence-electron chi connectivity index (χ3n) is 2.38. The normalized spacial score (nSPS) is 12.8. The van der Waals surface area contributed by atoms with E-state index in [4.69, 9.17) is 10.8 Å². The van der Waals surface area contributed by atoms with Crippen LogP contribution in [-0.4, -0.2) is 16.8 Å². The summed E-state index contributed by atoms with van der Waals surface area (Å²) in [7, 11) is 0. The molecular formula is C11H17NO2. The van der Waals surface area contributed by atoms with Gasteiger partial charge in [-0.2, -0.15) is 0 Å². The van der Waals surface area contributed by atoms with Crippen molar-refractivity contribution < 1.29 is 10.2 Å². The highest BCUT2D eigenvalue weighted by atomic mass is 16.3. The minimum atomic E-state index is -0.193. The number of benzene rings is 1. The van der Waals surface area contributed by atoms with Crippen molar-refractivity contribution in [3.8, 4) is 5.75 Å². The van der Waals surface area contributed by atoms with Crippen LogP contribution in [0.5, 0.6) is 5.75 Å². The van der Waals surface area contributed by atoms with E-state index in [9.17, 15) is 5.11 Å². The van der Waals surface area contributed by atoms with Gasteiger partial charge in [-0.15, -0.1) is 0 Å². The molecule has 1 aromatic carbocycles. The molecule has 0 heterocycles. The minimum Gasteiger partial charge on any atom is -0.508 e. The van der Waals surface area contributed by atoms with Gasteiger partial charge in [-0.1, -0.05) is 19.1 Å². The fourth-order valence-corrected chi connectivity index (χ4v) is 1.62. The van der Waals surface area contributed by atoms with Gasteiger partial charge in [0.1, 0.15) is 5.75 Å². The Balaban J connectivity index is 3.00. The van der Waals surface area contributed by atoms with Gasteiger partial charge >= 0.3 is 0 Å². The quantitative estimate of drug-likeness (QED) is 0.679. The molecular weight excluding hydrogens is 178 g/mol. The molecule has 0 saturated carbocycles. The summed E-state index contributed by atoms with van der Waals surface area (Å²) in [4.78, 5) is 0. The predicted octanol–water partition coefficient (Wildman–Crippen LogP) is 1.34. The van der Waals surface area contributed by atoms with Gasteiger partial charge in [0.2, 0.25) is 0 Å². The van der Waals surface area contributed by atoms with Crippen LogP contribution in [0.25, 0.3) is 0 Å². The second kappa shape index (κ2) is 4.98. The molecule has 0 bridgehead atoms. The number of hydrogen-bond acceptors (Lipinski definition) is 3. The second-order valence-electron chi connectivity index (χ2n) is 3.32. The number of aromatic hydroxyl groups is 1. The maximum Gasteiger partial charge on any atom is 0.119 e. The molecule has 3 nitrogen and oxygen atoms in total. The molecule has 3 heteroatoms. The first-order valence-corrected chi connectivity index (χ1v) is 4.87. The summed E-state index contributed by atoms with van der Waals surface area (Å²) in [5, 5.41) is 18.4. The van der Waals surface area contributed by atoms with Gasteiger partial charge in [-0.3, -0.25) is 0 Å². The Hall–Kier alpha value is -1.06. The van der Waals surface area contributed by atoms with Crippen molar-refractivity contribution in [3.05, 3.63) is 29.3 Å². The predicted molar refractivity (Wildman–Crippen MR) is 56.1 cm³/mol. The zero-order valence-electron chi connectivity index (χ0n) is 8.40. The van der Waals surface area contributed by atoms with E-state index in [-0.39, 0.29) is 12.6 Å². The van der Waals surface area contributed by atoms with Gasteiger partial charge in [0.05, 0.1) is 0 Å². The van der Waals surface area contributed by atoms with Crippen molar-refractivity contribution in [3.63, 3.8) is 0 Å². The molecule has 1 rings (SSSR count). The molecule has 0 unspecified atom stereocenters. The first-order chi connectivity index (χ1) is 6.70. The van der Waals surface area contributed by atoms with Crippen molar-refractivity contribution in [1.82, 2.24) is 0 Å². The van der Waals surface area contributed by atoms with E-state index in [1.165, 1.54) is 0 Å². The van der Waals surface area contributed by atoms with Gasteiger partial charge in [-0.25, -0.2) is 0 Å². The molecule has 14 heavy (non-hydrogen) atoms. The van der Waals surface area contributed by atoms with Gasteiger partial charge in [0, 0.05) is 12.6 Å². The number of aliphatic hydroxyl groups excluding tert-OH is 1. The summed E-state index contributed by atoms with van der Waals surface area (Å²) < 4.78 is 0. The number of aliphatic hydroxyl groups is 1. The zero-order valence-corrected chi connectivity index (χ0v) is 8.40. The highest BCUT2D eigenvalue weighted by molar-refractivity contribution is 5.40. The SMILES string of the molecule is CCc1c(O)cccc1[C@H](N)CCO. The van der Waals surface area contributed by atoms with Crippen molar-refractivity contribution in [2.45, 2.75) is 25.8 Å². The largest absolute Gasteiger partial charge is 0.508 e. The Morgan fingerprint density at radius 3 is 2.71 bits per heavy atom. The molecule has 1 atom stereocenters. The van der Waals surface area contributed by atoms with Crippen LogP contribution in [0, 0.1) is 0 Å². The Morgan fingerprint density at radius 1 is 1.43 bits per heavy atom. The highest BCUT2D eigenvalue weighted by Gasteiger charge is 2.11. The maximum absolute atomic E-state index is 9.59. The molecule has 0 radical (unpaired) electrons. The van der Waals surface area contributed by atoms with Crippen LogP contribution in [0.1, 0.15) is 30.5 Å². The summed E-state index contributed by atoms with van der Waals surface area (Å²) in [6.45, 7) is 2.05. The fraction of sp³-hybridized carbons (Fsp3) is 0.455. The molecule has 0 fully saturated rings. The summed E-state index contributed by atoms with van der Waals surface area (Å²) in [6, 6.07) is 5.15. The van der Waals surface area contributed by atoms with Crippen LogP contribution in [0.15, 0.2) is 18.2 Å². The fourth-order valence-electron chi connectivity index (χ4n) is 1.62. The lowest BCUT2D eigenvalue weighted by Crippen LogP contribution is -2.14. The first-order valence-electron chi connectivity index (χ1n) is 4.87. The Kier molecular flexibility index (Phi) is 3.92. The smallest absolute Gasteiger partial charge is 0.119 e. The lowest BCUT2D eigenvalue weighted by molar-refractivity contribution is 0.276. The molecule has 0 aliphatic heterocycles. The molecule has 0 amide bonds. The van der Waals surface area contributed by atoms with Gasteiger partial charge in [0.25, 0.3) is 0 Å². The topological polar surface area (TPSA) is 66.5 Å².